The van der Waals surface area contributed by atoms with Gasteiger partial charge in [-0.05, 0) is 57.2 Å². The molecule has 2 aromatic carbocycles. The monoisotopic (exact) mass is 519 g/mol. The molecule has 9 nitrogen and oxygen atoms in total. The molecule has 4 aromatic rings. The predicted octanol–water partition coefficient (Wildman–Crippen LogP) is 4.78. The van der Waals surface area contributed by atoms with Gasteiger partial charge in [0.05, 0.1) is 37.4 Å². The fourth-order valence-corrected chi connectivity index (χ4v) is 5.06. The summed E-state index contributed by atoms with van der Waals surface area (Å²) in [5, 5.41) is 12.1. The predicted molar refractivity (Wildman–Crippen MR) is 142 cm³/mol. The highest BCUT2D eigenvalue weighted by molar-refractivity contribution is 8.00. The van der Waals surface area contributed by atoms with Crippen LogP contribution in [0.15, 0.2) is 53.7 Å². The summed E-state index contributed by atoms with van der Waals surface area (Å²) < 4.78 is 18.6. The number of hydrogen-bond donors (Lipinski definition) is 1. The van der Waals surface area contributed by atoms with Crippen LogP contribution >= 0.6 is 11.8 Å². The van der Waals surface area contributed by atoms with Crippen molar-refractivity contribution in [3.05, 3.63) is 59.8 Å². The van der Waals surface area contributed by atoms with Crippen LogP contribution in [-0.2, 0) is 22.6 Å². The molecule has 0 unspecified atom stereocenters. The van der Waals surface area contributed by atoms with Crippen LogP contribution in [0.4, 0.5) is 5.69 Å². The summed E-state index contributed by atoms with van der Waals surface area (Å²) in [7, 11) is 3.23. The van der Waals surface area contributed by atoms with Crippen LogP contribution in [0.2, 0.25) is 0 Å². The first-order valence-corrected chi connectivity index (χ1v) is 12.8. The van der Waals surface area contributed by atoms with Gasteiger partial charge in [0.1, 0.15) is 17.3 Å². The number of benzene rings is 2. The van der Waals surface area contributed by atoms with E-state index in [4.69, 9.17) is 19.2 Å². The van der Waals surface area contributed by atoms with Crippen molar-refractivity contribution in [3.63, 3.8) is 0 Å². The Kier molecular flexibility index (Phi) is 6.78. The Morgan fingerprint density at radius 2 is 1.86 bits per heavy atom. The lowest BCUT2D eigenvalue weighted by Crippen LogP contribution is -2.33. The Hall–Kier alpha value is -3.63. The Morgan fingerprint density at radius 1 is 1.11 bits per heavy atom. The van der Waals surface area contributed by atoms with Crippen molar-refractivity contribution in [2.45, 2.75) is 49.8 Å². The number of aromatic nitrogens is 4. The van der Waals surface area contributed by atoms with Crippen molar-refractivity contribution in [1.29, 1.82) is 0 Å². The molecule has 5 rings (SSSR count). The van der Waals surface area contributed by atoms with Gasteiger partial charge in [0.25, 0.3) is 0 Å². The van der Waals surface area contributed by atoms with E-state index in [1.807, 2.05) is 53.8 Å². The molecule has 0 saturated heterocycles. The Labute approximate surface area is 219 Å². The fourth-order valence-electron chi connectivity index (χ4n) is 4.21. The number of methoxy groups -OCH3 is 2. The minimum Gasteiger partial charge on any atom is -0.497 e. The van der Waals surface area contributed by atoms with Crippen LogP contribution in [-0.4, -0.2) is 50.6 Å². The molecule has 1 aliphatic heterocycles. The van der Waals surface area contributed by atoms with Crippen LogP contribution in [0.3, 0.4) is 0 Å². The molecule has 0 radical (unpaired) electrons. The Morgan fingerprint density at radius 3 is 2.59 bits per heavy atom. The van der Waals surface area contributed by atoms with Crippen LogP contribution < -0.4 is 14.8 Å². The third kappa shape index (κ3) is 5.12. The van der Waals surface area contributed by atoms with Gasteiger partial charge < -0.3 is 19.5 Å². The number of carbonyl (C=O) groups is 1. The number of carbonyl (C=O) groups excluding carboxylic acids is 1. The van der Waals surface area contributed by atoms with E-state index >= 15 is 0 Å². The summed E-state index contributed by atoms with van der Waals surface area (Å²) in [6, 6.07) is 15.0. The van der Waals surface area contributed by atoms with Gasteiger partial charge in [-0.15, -0.1) is 10.2 Å². The first-order valence-electron chi connectivity index (χ1n) is 11.9. The van der Waals surface area contributed by atoms with Gasteiger partial charge in [-0.3, -0.25) is 9.20 Å². The minimum absolute atomic E-state index is 0.156. The first-order chi connectivity index (χ1) is 17.8. The van der Waals surface area contributed by atoms with E-state index in [9.17, 15) is 4.79 Å². The van der Waals surface area contributed by atoms with Crippen molar-refractivity contribution in [2.75, 3.05) is 19.5 Å². The summed E-state index contributed by atoms with van der Waals surface area (Å²) in [5.74, 6) is 1.99. The van der Waals surface area contributed by atoms with Crippen molar-refractivity contribution in [1.82, 2.24) is 19.6 Å². The maximum atomic E-state index is 13.0. The molecule has 2 aromatic heterocycles. The van der Waals surface area contributed by atoms with E-state index in [1.54, 1.807) is 20.3 Å². The zero-order valence-electron chi connectivity index (χ0n) is 21.4. The fraction of sp³-hybridized carbons (Fsp3) is 0.333. The SMILES string of the molecule is COc1ccc(-c2nc3c(c4nnc(S[C@H](C)C(=O)Nc5cccc(OC)c5)n24)COC(C)(C)C3)cc1. The Balaban J connectivity index is 1.52. The Bertz CT molecular complexity index is 1450. The van der Waals surface area contributed by atoms with Gasteiger partial charge in [0, 0.05) is 29.3 Å². The molecule has 0 spiro atoms. The smallest absolute Gasteiger partial charge is 0.237 e. The van der Waals surface area contributed by atoms with E-state index in [0.717, 1.165) is 22.6 Å². The zero-order valence-corrected chi connectivity index (χ0v) is 22.3. The maximum absolute atomic E-state index is 13.0. The highest BCUT2D eigenvalue weighted by atomic mass is 32.2. The number of ether oxygens (including phenoxy) is 3. The lowest BCUT2D eigenvalue weighted by molar-refractivity contribution is -0.115. The van der Waals surface area contributed by atoms with E-state index in [2.05, 4.69) is 29.4 Å². The van der Waals surface area contributed by atoms with Crippen LogP contribution in [0.1, 0.15) is 32.0 Å². The third-order valence-corrected chi connectivity index (χ3v) is 7.28. The lowest BCUT2D eigenvalue weighted by atomic mass is 9.96. The summed E-state index contributed by atoms with van der Waals surface area (Å²) >= 11 is 1.32. The van der Waals surface area contributed by atoms with E-state index < -0.39 is 5.25 Å². The zero-order chi connectivity index (χ0) is 26.2. The number of rotatable bonds is 7. The normalized spacial score (nSPS) is 15.2. The average molecular weight is 520 g/mol. The van der Waals surface area contributed by atoms with E-state index in [-0.39, 0.29) is 11.5 Å². The average Bonchev–Trinajstić information content (AvgIpc) is 3.31. The highest BCUT2D eigenvalue weighted by Gasteiger charge is 2.31. The van der Waals surface area contributed by atoms with Crippen molar-refractivity contribution in [3.8, 4) is 22.9 Å². The van der Waals surface area contributed by atoms with Crippen LogP contribution in [0, 0.1) is 0 Å². The molecule has 0 bridgehead atoms. The summed E-state index contributed by atoms with van der Waals surface area (Å²) in [5.41, 5.74) is 3.80. The van der Waals surface area contributed by atoms with Gasteiger partial charge in [-0.1, -0.05) is 17.8 Å². The summed E-state index contributed by atoms with van der Waals surface area (Å²) in [4.78, 5) is 18.1. The number of nitrogens with one attached hydrogen (secondary N) is 1. The molecule has 0 fully saturated rings. The molecule has 10 heteroatoms. The summed E-state index contributed by atoms with van der Waals surface area (Å²) in [6.07, 6.45) is 0.663. The largest absolute Gasteiger partial charge is 0.497 e. The second kappa shape index (κ2) is 10.0. The number of hydrogen-bond acceptors (Lipinski definition) is 8. The molecular formula is C27H29N5O4S. The quantitative estimate of drug-likeness (QED) is 0.348. The molecule has 0 aliphatic carbocycles. The maximum Gasteiger partial charge on any atom is 0.237 e. The van der Waals surface area contributed by atoms with Crippen molar-refractivity contribution >= 4 is 29.0 Å². The molecule has 192 valence electrons. The van der Waals surface area contributed by atoms with Crippen molar-refractivity contribution < 1.29 is 19.0 Å². The molecule has 1 atom stereocenters. The first kappa shape index (κ1) is 25.0. The van der Waals surface area contributed by atoms with Gasteiger partial charge in [0.2, 0.25) is 5.91 Å². The second-order valence-electron chi connectivity index (χ2n) is 9.44. The molecule has 1 N–H and O–H groups in total. The molecule has 37 heavy (non-hydrogen) atoms. The second-order valence-corrected chi connectivity index (χ2v) is 10.7. The van der Waals surface area contributed by atoms with Gasteiger partial charge in [-0.25, -0.2) is 4.98 Å². The number of anilines is 1. The molecule has 3 heterocycles. The topological polar surface area (TPSA) is 99.9 Å². The van der Waals surface area contributed by atoms with Gasteiger partial charge in [0.15, 0.2) is 10.8 Å². The minimum atomic E-state index is -0.450. The van der Waals surface area contributed by atoms with Gasteiger partial charge >= 0.3 is 0 Å². The molecule has 1 amide bonds. The van der Waals surface area contributed by atoms with Gasteiger partial charge in [-0.2, -0.15) is 0 Å². The van der Waals surface area contributed by atoms with Crippen LogP contribution in [0.25, 0.3) is 17.0 Å². The third-order valence-electron chi connectivity index (χ3n) is 6.24. The lowest BCUT2D eigenvalue weighted by Gasteiger charge is -2.31. The van der Waals surface area contributed by atoms with Crippen LogP contribution in [0.5, 0.6) is 11.5 Å². The summed E-state index contributed by atoms with van der Waals surface area (Å²) in [6.45, 7) is 6.35. The van der Waals surface area contributed by atoms with Crippen molar-refractivity contribution in [2.24, 2.45) is 0 Å². The standard InChI is InChI=1S/C27H29N5O4S/c1-16(25(33)28-18-7-6-8-20(13-18)35-5)37-26-31-30-24-21-15-36-27(2,3)14-22(21)29-23(32(24)26)17-9-11-19(34-4)12-10-17/h6-13,16H,14-15H2,1-5H3,(H,28,33)/t16-/m1/s1. The number of fused-ring (bicyclic) bond motifs is 3. The number of thioether (sulfide) groups is 1. The number of amides is 1. The van der Waals surface area contributed by atoms with E-state index in [0.29, 0.717) is 41.1 Å². The van der Waals surface area contributed by atoms with E-state index in [1.165, 1.54) is 11.8 Å². The molecular weight excluding hydrogens is 490 g/mol. The highest BCUT2D eigenvalue weighted by Crippen LogP contribution is 2.35. The molecule has 1 aliphatic rings. The number of nitrogens with zero attached hydrogens (tertiary/aromatic N) is 4. The molecule has 0 saturated carbocycles.